The number of benzene rings is 2. The molecule has 0 aliphatic heterocycles. The summed E-state index contributed by atoms with van der Waals surface area (Å²) in [5.74, 6) is 0.849. The Kier molecular flexibility index (Phi) is 5.24. The van der Waals surface area contributed by atoms with Gasteiger partial charge in [0.05, 0.1) is 12.6 Å². The van der Waals surface area contributed by atoms with E-state index in [0.717, 1.165) is 25.8 Å². The van der Waals surface area contributed by atoms with E-state index in [-0.39, 0.29) is 6.04 Å². The van der Waals surface area contributed by atoms with E-state index in [1.165, 1.54) is 5.56 Å². The maximum atomic E-state index is 6.43. The van der Waals surface area contributed by atoms with E-state index in [1.54, 1.807) is 0 Å². The number of hydrogen-bond donors (Lipinski definition) is 1. The fraction of sp³-hybridized carbons (Fsp3) is 0.250. The van der Waals surface area contributed by atoms with Crippen LogP contribution in [0.25, 0.3) is 0 Å². The van der Waals surface area contributed by atoms with Crippen LogP contribution >= 0.6 is 31.9 Å². The molecule has 2 aromatic rings. The molecule has 0 aromatic heterocycles. The highest BCUT2D eigenvalue weighted by Crippen LogP contribution is 2.32. The highest BCUT2D eigenvalue weighted by Gasteiger charge is 2.15. The lowest BCUT2D eigenvalue weighted by Crippen LogP contribution is -2.14. The van der Waals surface area contributed by atoms with Crippen molar-refractivity contribution < 1.29 is 4.74 Å². The normalized spacial score (nSPS) is 12.2. The second kappa shape index (κ2) is 6.74. The summed E-state index contributed by atoms with van der Waals surface area (Å²) in [7, 11) is 0. The van der Waals surface area contributed by atoms with Crippen LogP contribution in [-0.2, 0) is 0 Å². The summed E-state index contributed by atoms with van der Waals surface area (Å²) in [4.78, 5) is 0. The Morgan fingerprint density at radius 3 is 2.35 bits per heavy atom. The summed E-state index contributed by atoms with van der Waals surface area (Å²) in [6, 6.07) is 12.0. The Bertz CT molecular complexity index is 593. The van der Waals surface area contributed by atoms with Crippen LogP contribution < -0.4 is 10.5 Å². The topological polar surface area (TPSA) is 35.2 Å². The highest BCUT2D eigenvalue weighted by molar-refractivity contribution is 9.11. The lowest BCUT2D eigenvalue weighted by Gasteiger charge is -2.18. The average molecular weight is 399 g/mol. The molecule has 0 aliphatic rings. The van der Waals surface area contributed by atoms with Crippen molar-refractivity contribution in [1.29, 1.82) is 0 Å². The number of halogens is 2. The van der Waals surface area contributed by atoms with Gasteiger partial charge >= 0.3 is 0 Å². The molecule has 20 heavy (non-hydrogen) atoms. The number of nitrogens with two attached hydrogens (primary N) is 1. The van der Waals surface area contributed by atoms with Crippen LogP contribution in [0.1, 0.15) is 29.7 Å². The molecule has 2 N–H and O–H groups in total. The standard InChI is InChI=1S/C16H17Br2NO/c1-3-20-15-5-4-10(2)6-14(15)16(19)11-7-12(17)9-13(18)8-11/h4-9,16H,3,19H2,1-2H3. The highest BCUT2D eigenvalue weighted by atomic mass is 79.9. The predicted molar refractivity (Wildman–Crippen MR) is 90.2 cm³/mol. The van der Waals surface area contributed by atoms with Crippen molar-refractivity contribution in [3.8, 4) is 5.75 Å². The van der Waals surface area contributed by atoms with E-state index in [2.05, 4.69) is 44.8 Å². The predicted octanol–water partition coefficient (Wildman–Crippen LogP) is 4.97. The van der Waals surface area contributed by atoms with Crippen molar-refractivity contribution in [2.45, 2.75) is 19.9 Å². The molecule has 0 fully saturated rings. The van der Waals surface area contributed by atoms with Crippen molar-refractivity contribution in [2.24, 2.45) is 5.73 Å². The van der Waals surface area contributed by atoms with Crippen LogP contribution in [0.2, 0.25) is 0 Å². The lowest BCUT2D eigenvalue weighted by atomic mass is 9.97. The largest absolute Gasteiger partial charge is 0.494 e. The van der Waals surface area contributed by atoms with Crippen molar-refractivity contribution in [1.82, 2.24) is 0 Å². The van der Waals surface area contributed by atoms with Crippen LogP contribution in [0.15, 0.2) is 45.3 Å². The molecule has 0 saturated carbocycles. The number of ether oxygens (including phenoxy) is 1. The first kappa shape index (κ1) is 15.5. The van der Waals surface area contributed by atoms with E-state index in [1.807, 2.05) is 37.3 Å². The molecule has 0 spiro atoms. The van der Waals surface area contributed by atoms with Crippen molar-refractivity contribution >= 4 is 31.9 Å². The van der Waals surface area contributed by atoms with Gasteiger partial charge in [0.2, 0.25) is 0 Å². The molecule has 4 heteroatoms. The van der Waals surface area contributed by atoms with Gasteiger partial charge < -0.3 is 10.5 Å². The third kappa shape index (κ3) is 3.62. The summed E-state index contributed by atoms with van der Waals surface area (Å²) in [6.45, 7) is 4.67. The van der Waals surface area contributed by atoms with E-state index in [9.17, 15) is 0 Å². The molecular formula is C16H17Br2NO. The molecule has 0 amide bonds. The average Bonchev–Trinajstić information content (AvgIpc) is 2.39. The monoisotopic (exact) mass is 397 g/mol. The van der Waals surface area contributed by atoms with Gasteiger partial charge in [-0.25, -0.2) is 0 Å². The number of rotatable bonds is 4. The molecular weight excluding hydrogens is 382 g/mol. The van der Waals surface area contributed by atoms with E-state index >= 15 is 0 Å². The zero-order chi connectivity index (χ0) is 14.7. The minimum atomic E-state index is -0.217. The Labute approximate surface area is 136 Å². The fourth-order valence-corrected chi connectivity index (χ4v) is 3.46. The smallest absolute Gasteiger partial charge is 0.124 e. The molecule has 0 saturated heterocycles. The molecule has 1 unspecified atom stereocenters. The van der Waals surface area contributed by atoms with Gasteiger partial charge in [0.15, 0.2) is 0 Å². The Hall–Kier alpha value is -0.840. The Morgan fingerprint density at radius 1 is 1.10 bits per heavy atom. The van der Waals surface area contributed by atoms with Crippen LogP contribution in [0.3, 0.4) is 0 Å². The van der Waals surface area contributed by atoms with Crippen LogP contribution in [0, 0.1) is 6.92 Å². The summed E-state index contributed by atoms with van der Waals surface area (Å²) < 4.78 is 7.70. The van der Waals surface area contributed by atoms with Gasteiger partial charge in [0, 0.05) is 14.5 Å². The molecule has 1 atom stereocenters. The SMILES string of the molecule is CCOc1ccc(C)cc1C(N)c1cc(Br)cc(Br)c1. The minimum Gasteiger partial charge on any atom is -0.494 e. The van der Waals surface area contributed by atoms with Crippen LogP contribution in [-0.4, -0.2) is 6.61 Å². The van der Waals surface area contributed by atoms with Gasteiger partial charge in [0.1, 0.15) is 5.75 Å². The fourth-order valence-electron chi connectivity index (χ4n) is 2.13. The van der Waals surface area contributed by atoms with Crippen LogP contribution in [0.4, 0.5) is 0 Å². The second-order valence-electron chi connectivity index (χ2n) is 4.65. The Morgan fingerprint density at radius 2 is 1.75 bits per heavy atom. The van der Waals surface area contributed by atoms with E-state index < -0.39 is 0 Å². The van der Waals surface area contributed by atoms with Crippen molar-refractivity contribution in [3.63, 3.8) is 0 Å². The van der Waals surface area contributed by atoms with Crippen molar-refractivity contribution in [2.75, 3.05) is 6.61 Å². The molecule has 2 aromatic carbocycles. The lowest BCUT2D eigenvalue weighted by molar-refractivity contribution is 0.335. The summed E-state index contributed by atoms with van der Waals surface area (Å²) >= 11 is 7.00. The van der Waals surface area contributed by atoms with E-state index in [0.29, 0.717) is 6.61 Å². The van der Waals surface area contributed by atoms with Gasteiger partial charge in [0.25, 0.3) is 0 Å². The second-order valence-corrected chi connectivity index (χ2v) is 6.49. The van der Waals surface area contributed by atoms with Crippen LogP contribution in [0.5, 0.6) is 5.75 Å². The number of hydrogen-bond acceptors (Lipinski definition) is 2. The molecule has 0 bridgehead atoms. The molecule has 0 radical (unpaired) electrons. The summed E-state index contributed by atoms with van der Waals surface area (Å²) in [5, 5.41) is 0. The van der Waals surface area contributed by atoms with Gasteiger partial charge in [-0.15, -0.1) is 0 Å². The zero-order valence-corrected chi connectivity index (χ0v) is 14.7. The van der Waals surface area contributed by atoms with Gasteiger partial charge in [-0.2, -0.15) is 0 Å². The maximum Gasteiger partial charge on any atom is 0.124 e. The third-order valence-corrected chi connectivity index (χ3v) is 3.96. The maximum absolute atomic E-state index is 6.43. The third-order valence-electron chi connectivity index (χ3n) is 3.04. The summed E-state index contributed by atoms with van der Waals surface area (Å²) in [6.07, 6.45) is 0. The molecule has 0 aliphatic carbocycles. The molecule has 106 valence electrons. The zero-order valence-electron chi connectivity index (χ0n) is 11.5. The van der Waals surface area contributed by atoms with Crippen molar-refractivity contribution in [3.05, 3.63) is 62.0 Å². The minimum absolute atomic E-state index is 0.217. The Balaban J connectivity index is 2.46. The molecule has 2 nitrogen and oxygen atoms in total. The van der Waals surface area contributed by atoms with Gasteiger partial charge in [-0.3, -0.25) is 0 Å². The molecule has 0 heterocycles. The first-order chi connectivity index (χ1) is 9.51. The summed E-state index contributed by atoms with van der Waals surface area (Å²) in [5.41, 5.74) is 9.66. The first-order valence-corrected chi connectivity index (χ1v) is 8.04. The van der Waals surface area contributed by atoms with Gasteiger partial charge in [-0.05, 0) is 43.7 Å². The van der Waals surface area contributed by atoms with E-state index in [4.69, 9.17) is 10.5 Å². The van der Waals surface area contributed by atoms with Gasteiger partial charge in [-0.1, -0.05) is 49.6 Å². The number of aryl methyl sites for hydroxylation is 1. The quantitative estimate of drug-likeness (QED) is 0.789. The molecule has 2 rings (SSSR count). The first-order valence-electron chi connectivity index (χ1n) is 6.46.